The van der Waals surface area contributed by atoms with Crippen LogP contribution in [0.4, 0.5) is 0 Å². The van der Waals surface area contributed by atoms with Gasteiger partial charge in [0, 0.05) is 0 Å². The Morgan fingerprint density at radius 2 is 1.13 bits per heavy atom. The predicted molar refractivity (Wildman–Crippen MR) is 106 cm³/mol. The fourth-order valence-corrected chi connectivity index (χ4v) is 2.29. The molecule has 0 radical (unpaired) electrons. The summed E-state index contributed by atoms with van der Waals surface area (Å²) in [6.45, 7) is 14.4. The third-order valence-corrected chi connectivity index (χ3v) is 4.34. The van der Waals surface area contributed by atoms with Crippen molar-refractivity contribution < 1.29 is 43.5 Å². The van der Waals surface area contributed by atoms with Crippen LogP contribution in [0.25, 0.3) is 0 Å². The van der Waals surface area contributed by atoms with Crippen molar-refractivity contribution in [2.45, 2.75) is 93.0 Å². The van der Waals surface area contributed by atoms with Crippen LogP contribution in [-0.2, 0) is 33.3 Å². The number of ether oxygens (including phenoxy) is 4. The minimum absolute atomic E-state index is 0.369. The lowest BCUT2D eigenvalue weighted by molar-refractivity contribution is -0.297. The Bertz CT molecular complexity index is 634. The van der Waals surface area contributed by atoms with E-state index < -0.39 is 64.9 Å². The van der Waals surface area contributed by atoms with Gasteiger partial charge in [0.05, 0.1) is 16.2 Å². The van der Waals surface area contributed by atoms with E-state index in [9.17, 15) is 24.6 Å². The zero-order chi connectivity index (χ0) is 23.7. The smallest absolute Gasteiger partial charge is 0.311 e. The van der Waals surface area contributed by atoms with E-state index in [4.69, 9.17) is 18.9 Å². The molecule has 0 bridgehead atoms. The van der Waals surface area contributed by atoms with Gasteiger partial charge < -0.3 is 29.2 Å². The lowest BCUT2D eigenvalue weighted by Crippen LogP contribution is -2.62. The lowest BCUT2D eigenvalue weighted by Gasteiger charge is -2.42. The molecule has 0 aliphatic carbocycles. The fourth-order valence-electron chi connectivity index (χ4n) is 2.29. The minimum Gasteiger partial charge on any atom is -0.462 e. The minimum atomic E-state index is -1.70. The topological polar surface area (TPSA) is 129 Å². The molecule has 30 heavy (non-hydrogen) atoms. The van der Waals surface area contributed by atoms with E-state index in [1.54, 1.807) is 62.3 Å². The van der Waals surface area contributed by atoms with E-state index in [1.807, 2.05) is 0 Å². The molecule has 0 unspecified atom stereocenters. The first kappa shape index (κ1) is 26.3. The molecule has 0 aromatic rings. The van der Waals surface area contributed by atoms with Crippen LogP contribution in [0.2, 0.25) is 0 Å². The number of hydrogen-bond acceptors (Lipinski definition) is 9. The van der Waals surface area contributed by atoms with Gasteiger partial charge in [-0.05, 0) is 62.3 Å². The maximum atomic E-state index is 12.4. The molecule has 1 saturated heterocycles. The van der Waals surface area contributed by atoms with E-state index >= 15 is 0 Å². The van der Waals surface area contributed by atoms with Crippen molar-refractivity contribution in [2.24, 2.45) is 16.2 Å². The molecule has 1 fully saturated rings. The molecule has 1 aliphatic heterocycles. The second-order valence-corrected chi connectivity index (χ2v) is 10.6. The summed E-state index contributed by atoms with van der Waals surface area (Å²) in [5, 5.41) is 21.1. The summed E-state index contributed by atoms with van der Waals surface area (Å²) in [5.41, 5.74) is -2.57. The summed E-state index contributed by atoms with van der Waals surface area (Å²) in [6.07, 6.45) is -7.26. The maximum Gasteiger partial charge on any atom is 0.311 e. The molecule has 5 atom stereocenters. The zero-order valence-electron chi connectivity index (χ0n) is 19.3. The molecule has 0 aromatic carbocycles. The number of esters is 3. The molecule has 174 valence electrons. The van der Waals surface area contributed by atoms with E-state index in [0.29, 0.717) is 0 Å². The summed E-state index contributed by atoms with van der Waals surface area (Å²) in [6, 6.07) is 0. The highest BCUT2D eigenvalue weighted by Gasteiger charge is 2.50. The average molecular weight is 433 g/mol. The predicted octanol–water partition coefficient (Wildman–Crippen LogP) is 1.57. The van der Waals surface area contributed by atoms with Crippen molar-refractivity contribution in [2.75, 3.05) is 6.61 Å². The number of carbonyl (C=O) groups excluding carboxylic acids is 3. The van der Waals surface area contributed by atoms with E-state index in [-0.39, 0.29) is 6.61 Å². The van der Waals surface area contributed by atoms with Gasteiger partial charge in [-0.25, -0.2) is 0 Å². The van der Waals surface area contributed by atoms with Crippen molar-refractivity contribution in [1.82, 2.24) is 0 Å². The van der Waals surface area contributed by atoms with Crippen LogP contribution in [0.1, 0.15) is 62.3 Å². The average Bonchev–Trinajstić information content (AvgIpc) is 2.56. The van der Waals surface area contributed by atoms with E-state index in [1.165, 1.54) is 0 Å². The van der Waals surface area contributed by atoms with Crippen LogP contribution >= 0.6 is 0 Å². The molecular formula is C21H36O9. The number of rotatable bonds is 4. The van der Waals surface area contributed by atoms with Crippen molar-refractivity contribution in [3.05, 3.63) is 0 Å². The third kappa shape index (κ3) is 6.92. The first-order chi connectivity index (χ1) is 13.4. The molecule has 0 spiro atoms. The molecule has 0 aromatic heterocycles. The third-order valence-electron chi connectivity index (χ3n) is 4.34. The molecule has 0 amide bonds. The van der Waals surface area contributed by atoms with Crippen LogP contribution < -0.4 is 0 Å². The molecule has 0 saturated carbocycles. The molecule has 1 heterocycles. The Labute approximate surface area is 178 Å². The van der Waals surface area contributed by atoms with Gasteiger partial charge in [-0.15, -0.1) is 0 Å². The van der Waals surface area contributed by atoms with Crippen molar-refractivity contribution in [1.29, 1.82) is 0 Å². The molecule has 9 heteroatoms. The van der Waals surface area contributed by atoms with E-state index in [2.05, 4.69) is 0 Å². The van der Waals surface area contributed by atoms with Gasteiger partial charge in [0.15, 0.2) is 18.5 Å². The van der Waals surface area contributed by atoms with Crippen molar-refractivity contribution >= 4 is 17.9 Å². The first-order valence-corrected chi connectivity index (χ1v) is 9.96. The SMILES string of the molecule is CC(C)(C)C(=O)OC[C@H]1O[C@@H](O)[C@H](OC(=O)C(C)(C)C)[C@@H](O)[C@@H]1OC(=O)C(C)(C)C. The van der Waals surface area contributed by atoms with Gasteiger partial charge in [0.1, 0.15) is 18.8 Å². The summed E-state index contributed by atoms with van der Waals surface area (Å²) in [5.74, 6) is -1.84. The van der Waals surface area contributed by atoms with Crippen LogP contribution in [0, 0.1) is 16.2 Å². The first-order valence-electron chi connectivity index (χ1n) is 9.96. The molecular weight excluding hydrogens is 396 g/mol. The molecule has 9 nitrogen and oxygen atoms in total. The number of hydrogen-bond donors (Lipinski definition) is 2. The highest BCUT2D eigenvalue weighted by molar-refractivity contribution is 5.76. The highest BCUT2D eigenvalue weighted by Crippen LogP contribution is 2.30. The lowest BCUT2D eigenvalue weighted by atomic mass is 9.94. The Hall–Kier alpha value is -1.71. The van der Waals surface area contributed by atoms with Gasteiger partial charge >= 0.3 is 17.9 Å². The Morgan fingerprint density at radius 3 is 1.53 bits per heavy atom. The fraction of sp³-hybridized carbons (Fsp3) is 0.857. The van der Waals surface area contributed by atoms with Gasteiger partial charge in [-0.2, -0.15) is 0 Å². The molecule has 2 N–H and O–H groups in total. The Kier molecular flexibility index (Phi) is 8.07. The monoisotopic (exact) mass is 432 g/mol. The summed E-state index contributed by atoms with van der Waals surface area (Å²) in [7, 11) is 0. The Balaban J connectivity index is 3.09. The second-order valence-electron chi connectivity index (χ2n) is 10.6. The summed E-state index contributed by atoms with van der Waals surface area (Å²) < 4.78 is 21.3. The number of aliphatic hydroxyl groups excluding tert-OH is 2. The molecule has 1 rings (SSSR count). The van der Waals surface area contributed by atoms with Crippen LogP contribution in [0.3, 0.4) is 0 Å². The quantitative estimate of drug-likeness (QED) is 0.502. The van der Waals surface area contributed by atoms with E-state index in [0.717, 1.165) is 0 Å². The second kappa shape index (κ2) is 9.20. The Morgan fingerprint density at radius 1 is 0.733 bits per heavy atom. The largest absolute Gasteiger partial charge is 0.462 e. The van der Waals surface area contributed by atoms with Crippen molar-refractivity contribution in [3.63, 3.8) is 0 Å². The van der Waals surface area contributed by atoms with Gasteiger partial charge in [0.25, 0.3) is 0 Å². The number of carbonyl (C=O) groups is 3. The van der Waals surface area contributed by atoms with Crippen LogP contribution in [0.5, 0.6) is 0 Å². The van der Waals surface area contributed by atoms with Crippen LogP contribution in [-0.4, -0.2) is 65.4 Å². The summed E-state index contributed by atoms with van der Waals surface area (Å²) in [4.78, 5) is 36.8. The standard InChI is InChI=1S/C21H36O9/c1-19(2,3)16(24)27-10-11-13(29-17(25)20(4,5)6)12(22)14(15(23)28-11)30-18(26)21(7,8)9/h11-15,22-23H,10H2,1-9H3/t11-,12+,13-,14-,15-/m1/s1. The summed E-state index contributed by atoms with van der Waals surface area (Å²) >= 11 is 0. The van der Waals surface area contributed by atoms with Gasteiger partial charge in [-0.1, -0.05) is 0 Å². The number of aliphatic hydroxyl groups is 2. The van der Waals surface area contributed by atoms with Crippen LogP contribution in [0.15, 0.2) is 0 Å². The van der Waals surface area contributed by atoms with Gasteiger partial charge in [-0.3, -0.25) is 14.4 Å². The zero-order valence-corrected chi connectivity index (χ0v) is 19.3. The molecule has 1 aliphatic rings. The van der Waals surface area contributed by atoms with Crippen molar-refractivity contribution in [3.8, 4) is 0 Å². The maximum absolute atomic E-state index is 12.4. The highest BCUT2D eigenvalue weighted by atomic mass is 16.7. The normalized spacial score (nSPS) is 27.9. The van der Waals surface area contributed by atoms with Gasteiger partial charge in [0.2, 0.25) is 0 Å².